The zero-order valence-electron chi connectivity index (χ0n) is 17.2. The van der Waals surface area contributed by atoms with E-state index in [1.807, 2.05) is 30.5 Å². The summed E-state index contributed by atoms with van der Waals surface area (Å²) < 4.78 is 45.8. The minimum atomic E-state index is -3.89. The topological polar surface area (TPSA) is 114 Å². The van der Waals surface area contributed by atoms with E-state index in [1.165, 1.54) is 36.0 Å². The fraction of sp³-hybridized carbons (Fsp3) is 0.0455. The Labute approximate surface area is 193 Å². The fourth-order valence-corrected chi connectivity index (χ4v) is 4.54. The highest BCUT2D eigenvalue weighted by atomic mass is 32.2. The first-order chi connectivity index (χ1) is 15.9. The lowest BCUT2D eigenvalue weighted by Crippen LogP contribution is -2.14. The maximum atomic E-state index is 13.0. The summed E-state index contributed by atoms with van der Waals surface area (Å²) in [7, 11) is -3.89. The standard InChI is InChI=1S/C22H17FN4O4S2/c1-32-19-5-3-2-4-18(19)21-25-26-22(31-21)24-20(28)14-6-10-16(11-7-14)27-33(29,30)17-12-8-15(23)9-13-17/h2-13,27H,1H3,(H,24,26,28). The van der Waals surface area contributed by atoms with Crippen molar-refractivity contribution in [3.8, 4) is 11.5 Å². The summed E-state index contributed by atoms with van der Waals surface area (Å²) >= 11 is 1.53. The molecule has 0 bridgehead atoms. The quantitative estimate of drug-likeness (QED) is 0.367. The van der Waals surface area contributed by atoms with Crippen molar-refractivity contribution in [1.29, 1.82) is 0 Å². The van der Waals surface area contributed by atoms with Crippen LogP contribution in [0.3, 0.4) is 0 Å². The number of carbonyl (C=O) groups excluding carboxylic acids is 1. The van der Waals surface area contributed by atoms with Crippen LogP contribution in [0.5, 0.6) is 0 Å². The van der Waals surface area contributed by atoms with Gasteiger partial charge in [-0.1, -0.05) is 17.2 Å². The summed E-state index contributed by atoms with van der Waals surface area (Å²) in [5.41, 5.74) is 1.25. The van der Waals surface area contributed by atoms with Crippen LogP contribution < -0.4 is 10.0 Å². The average molecular weight is 485 g/mol. The monoisotopic (exact) mass is 484 g/mol. The van der Waals surface area contributed by atoms with E-state index in [1.54, 1.807) is 0 Å². The molecule has 2 N–H and O–H groups in total. The SMILES string of the molecule is CSc1ccccc1-c1nnc(NC(=O)c2ccc(NS(=O)(=O)c3ccc(F)cc3)cc2)o1. The van der Waals surface area contributed by atoms with Gasteiger partial charge in [0, 0.05) is 16.1 Å². The van der Waals surface area contributed by atoms with E-state index in [4.69, 9.17) is 4.42 Å². The molecule has 168 valence electrons. The second-order valence-electron chi connectivity index (χ2n) is 6.70. The highest BCUT2D eigenvalue weighted by Gasteiger charge is 2.17. The van der Waals surface area contributed by atoms with Crippen molar-refractivity contribution in [2.45, 2.75) is 9.79 Å². The van der Waals surface area contributed by atoms with Gasteiger partial charge in [0.2, 0.25) is 0 Å². The highest BCUT2D eigenvalue weighted by Crippen LogP contribution is 2.29. The number of thioether (sulfide) groups is 1. The van der Waals surface area contributed by atoms with Crippen molar-refractivity contribution in [2.75, 3.05) is 16.3 Å². The van der Waals surface area contributed by atoms with E-state index in [9.17, 15) is 17.6 Å². The van der Waals surface area contributed by atoms with Crippen LogP contribution in [0.2, 0.25) is 0 Å². The van der Waals surface area contributed by atoms with E-state index >= 15 is 0 Å². The number of rotatable bonds is 7. The third-order valence-electron chi connectivity index (χ3n) is 4.51. The largest absolute Gasteiger partial charge is 0.403 e. The van der Waals surface area contributed by atoms with Crippen molar-refractivity contribution < 1.29 is 22.0 Å². The van der Waals surface area contributed by atoms with Crippen LogP contribution in [0.4, 0.5) is 16.1 Å². The minimum absolute atomic E-state index is 0.0630. The van der Waals surface area contributed by atoms with Crippen LogP contribution in [-0.2, 0) is 10.0 Å². The number of nitrogens with zero attached hydrogens (tertiary/aromatic N) is 2. The molecule has 0 fully saturated rings. The Morgan fingerprint density at radius 3 is 2.36 bits per heavy atom. The molecule has 0 radical (unpaired) electrons. The molecule has 0 saturated heterocycles. The molecule has 0 spiro atoms. The van der Waals surface area contributed by atoms with E-state index in [0.717, 1.165) is 34.7 Å². The first kappa shape index (κ1) is 22.5. The second kappa shape index (κ2) is 9.43. The van der Waals surface area contributed by atoms with Crippen LogP contribution >= 0.6 is 11.8 Å². The lowest BCUT2D eigenvalue weighted by Gasteiger charge is -2.08. The summed E-state index contributed by atoms with van der Waals surface area (Å²) in [5.74, 6) is -0.761. The molecule has 8 nitrogen and oxygen atoms in total. The molecule has 4 aromatic rings. The molecule has 1 aromatic heterocycles. The van der Waals surface area contributed by atoms with Crippen molar-refractivity contribution in [2.24, 2.45) is 0 Å². The van der Waals surface area contributed by atoms with Crippen molar-refractivity contribution in [1.82, 2.24) is 10.2 Å². The van der Waals surface area contributed by atoms with Gasteiger partial charge in [0.15, 0.2) is 0 Å². The number of hydrogen-bond acceptors (Lipinski definition) is 7. The predicted molar refractivity (Wildman–Crippen MR) is 123 cm³/mol. The number of amides is 1. The average Bonchev–Trinajstić information content (AvgIpc) is 3.27. The fourth-order valence-electron chi connectivity index (χ4n) is 2.89. The van der Waals surface area contributed by atoms with Crippen LogP contribution in [-0.4, -0.2) is 30.8 Å². The van der Waals surface area contributed by atoms with Crippen molar-refractivity contribution in [3.63, 3.8) is 0 Å². The van der Waals surface area contributed by atoms with Crippen molar-refractivity contribution >= 4 is 39.4 Å². The summed E-state index contributed by atoms with van der Waals surface area (Å²) in [6.45, 7) is 0. The highest BCUT2D eigenvalue weighted by molar-refractivity contribution is 7.98. The summed E-state index contributed by atoms with van der Waals surface area (Å²) in [6, 6.07) is 17.7. The zero-order valence-corrected chi connectivity index (χ0v) is 18.8. The number of hydrogen-bond donors (Lipinski definition) is 2. The van der Waals surface area contributed by atoms with Gasteiger partial charge < -0.3 is 4.42 Å². The van der Waals surface area contributed by atoms with Gasteiger partial charge in [-0.05, 0) is 66.9 Å². The number of sulfonamides is 1. The zero-order chi connectivity index (χ0) is 23.4. The molecule has 0 aliphatic carbocycles. The maximum absolute atomic E-state index is 13.0. The van der Waals surface area contributed by atoms with Crippen LogP contribution in [0.25, 0.3) is 11.5 Å². The van der Waals surface area contributed by atoms with Crippen molar-refractivity contribution in [3.05, 3.63) is 84.2 Å². The van der Waals surface area contributed by atoms with Gasteiger partial charge >= 0.3 is 6.01 Å². The van der Waals surface area contributed by atoms with E-state index in [2.05, 4.69) is 20.2 Å². The number of aromatic nitrogens is 2. The smallest absolute Gasteiger partial charge is 0.322 e. The van der Waals surface area contributed by atoms with E-state index in [-0.39, 0.29) is 28.1 Å². The van der Waals surface area contributed by atoms with Gasteiger partial charge in [-0.25, -0.2) is 12.8 Å². The van der Waals surface area contributed by atoms with Gasteiger partial charge in [0.1, 0.15) is 5.82 Å². The normalized spacial score (nSPS) is 11.2. The molecule has 1 heterocycles. The van der Waals surface area contributed by atoms with E-state index in [0.29, 0.717) is 0 Å². The third kappa shape index (κ3) is 5.21. The summed E-state index contributed by atoms with van der Waals surface area (Å²) in [5, 5.41) is 10.4. The van der Waals surface area contributed by atoms with Crippen LogP contribution in [0, 0.1) is 5.82 Å². The molecule has 0 saturated carbocycles. The number of anilines is 2. The predicted octanol–water partition coefficient (Wildman–Crippen LogP) is 4.65. The Kier molecular flexibility index (Phi) is 6.43. The molecule has 11 heteroatoms. The van der Waals surface area contributed by atoms with Crippen LogP contribution in [0.1, 0.15) is 10.4 Å². The molecule has 0 atom stereocenters. The Bertz CT molecular complexity index is 1390. The third-order valence-corrected chi connectivity index (χ3v) is 6.70. The first-order valence-corrected chi connectivity index (χ1v) is 12.2. The maximum Gasteiger partial charge on any atom is 0.322 e. The van der Waals surface area contributed by atoms with E-state index < -0.39 is 21.7 Å². The molecular weight excluding hydrogens is 467 g/mol. The molecular formula is C22H17FN4O4S2. The van der Waals surface area contributed by atoms with Gasteiger partial charge in [0.25, 0.3) is 21.8 Å². The summed E-state index contributed by atoms with van der Waals surface area (Å²) in [4.78, 5) is 13.4. The Morgan fingerprint density at radius 1 is 0.970 bits per heavy atom. The molecule has 0 aliphatic rings. The molecule has 1 amide bonds. The first-order valence-electron chi connectivity index (χ1n) is 9.52. The Morgan fingerprint density at radius 2 is 1.67 bits per heavy atom. The van der Waals surface area contributed by atoms with Gasteiger partial charge in [-0.2, -0.15) is 0 Å². The molecule has 4 rings (SSSR count). The second-order valence-corrected chi connectivity index (χ2v) is 9.23. The van der Waals surface area contributed by atoms with Gasteiger partial charge in [-0.3, -0.25) is 14.8 Å². The number of halogens is 1. The Hall–Kier alpha value is -3.70. The molecule has 33 heavy (non-hydrogen) atoms. The summed E-state index contributed by atoms with van der Waals surface area (Å²) in [6.07, 6.45) is 1.93. The number of nitrogens with one attached hydrogen (secondary N) is 2. The number of carbonyl (C=O) groups is 1. The Balaban J connectivity index is 1.44. The molecule has 0 unspecified atom stereocenters. The van der Waals surface area contributed by atoms with Gasteiger partial charge in [-0.15, -0.1) is 16.9 Å². The van der Waals surface area contributed by atoms with Gasteiger partial charge in [0.05, 0.1) is 10.5 Å². The lowest BCUT2D eigenvalue weighted by molar-refractivity contribution is 0.102. The van der Waals surface area contributed by atoms with Crippen LogP contribution in [0.15, 0.2) is 87.0 Å². The number of benzene rings is 3. The molecule has 0 aliphatic heterocycles. The minimum Gasteiger partial charge on any atom is -0.403 e. The lowest BCUT2D eigenvalue weighted by atomic mass is 10.2. The molecule has 3 aromatic carbocycles.